The van der Waals surface area contributed by atoms with Crippen molar-refractivity contribution in [1.29, 1.82) is 0 Å². The van der Waals surface area contributed by atoms with Crippen LogP contribution in [0.3, 0.4) is 0 Å². The van der Waals surface area contributed by atoms with E-state index >= 15 is 0 Å². The molecule has 1 aliphatic heterocycles. The molecule has 6 nitrogen and oxygen atoms in total. The molecule has 0 aliphatic carbocycles. The normalized spacial score (nSPS) is 22.3. The Morgan fingerprint density at radius 3 is 2.56 bits per heavy atom. The maximum atomic E-state index is 12.8. The minimum Gasteiger partial charge on any atom is -0.490 e. The van der Waals surface area contributed by atoms with Gasteiger partial charge in [0, 0.05) is 19.6 Å². The third-order valence-corrected chi connectivity index (χ3v) is 5.47. The van der Waals surface area contributed by atoms with Crippen LogP contribution in [0.4, 0.5) is 8.78 Å². The van der Waals surface area contributed by atoms with Crippen molar-refractivity contribution in [3.8, 4) is 11.5 Å². The van der Waals surface area contributed by atoms with E-state index in [4.69, 9.17) is 4.74 Å². The molecule has 2 rings (SSSR count). The van der Waals surface area contributed by atoms with Gasteiger partial charge in [0.2, 0.25) is 5.91 Å². The van der Waals surface area contributed by atoms with Crippen molar-refractivity contribution in [2.75, 3.05) is 13.7 Å². The number of nitrogens with one attached hydrogen (secondary N) is 2. The molecule has 27 heavy (non-hydrogen) atoms. The lowest BCUT2D eigenvalue weighted by Gasteiger charge is -2.24. The van der Waals surface area contributed by atoms with Crippen molar-refractivity contribution >= 4 is 21.8 Å². The summed E-state index contributed by atoms with van der Waals surface area (Å²) in [7, 11) is 1.70. The Balaban J connectivity index is 2.07. The van der Waals surface area contributed by atoms with Crippen LogP contribution in [0, 0.1) is 5.92 Å². The summed E-state index contributed by atoms with van der Waals surface area (Å²) in [6.45, 7) is 3.64. The molecular formula is C18H26BrF2N3O3. The number of alkyl halides is 3. The highest BCUT2D eigenvalue weighted by molar-refractivity contribution is 9.09. The minimum absolute atomic E-state index is 0.0217. The second kappa shape index (κ2) is 9.66. The van der Waals surface area contributed by atoms with Gasteiger partial charge in [0.1, 0.15) is 6.04 Å². The zero-order valence-electron chi connectivity index (χ0n) is 15.8. The number of likely N-dealkylation sites (N-methyl/N-ethyl adjacent to an activating group) is 1. The van der Waals surface area contributed by atoms with Crippen LogP contribution < -0.4 is 20.3 Å². The summed E-state index contributed by atoms with van der Waals surface area (Å²) in [6.07, 6.45) is 0. The Bertz CT molecular complexity index is 648. The minimum atomic E-state index is -2.93. The molecule has 2 N–H and O–H groups in total. The van der Waals surface area contributed by atoms with Gasteiger partial charge in [-0.2, -0.15) is 8.78 Å². The first kappa shape index (κ1) is 21.8. The van der Waals surface area contributed by atoms with Crippen LogP contribution in [0.2, 0.25) is 0 Å². The summed E-state index contributed by atoms with van der Waals surface area (Å²) in [5, 5.41) is 0. The van der Waals surface area contributed by atoms with Gasteiger partial charge in [-0.25, -0.2) is 5.43 Å². The zero-order chi connectivity index (χ0) is 20.1. The fourth-order valence-corrected chi connectivity index (χ4v) is 4.09. The third kappa shape index (κ3) is 5.52. The van der Waals surface area contributed by atoms with Crippen LogP contribution in [0.1, 0.15) is 26.3 Å². The highest BCUT2D eigenvalue weighted by Crippen LogP contribution is 2.30. The second-order valence-corrected chi connectivity index (χ2v) is 7.82. The van der Waals surface area contributed by atoms with Crippen molar-refractivity contribution in [2.24, 2.45) is 5.92 Å². The van der Waals surface area contributed by atoms with Gasteiger partial charge in [-0.3, -0.25) is 10.2 Å². The van der Waals surface area contributed by atoms with Crippen molar-refractivity contribution < 1.29 is 23.0 Å². The van der Waals surface area contributed by atoms with Gasteiger partial charge in [-0.05, 0) is 30.5 Å². The van der Waals surface area contributed by atoms with Crippen LogP contribution >= 0.6 is 15.9 Å². The largest absolute Gasteiger partial charge is 0.490 e. The molecule has 1 aromatic carbocycles. The van der Waals surface area contributed by atoms with Crippen molar-refractivity contribution in [3.05, 3.63) is 23.8 Å². The number of hydrazine groups is 1. The third-order valence-electron chi connectivity index (χ3n) is 4.37. The van der Waals surface area contributed by atoms with E-state index in [2.05, 4.69) is 45.4 Å². The fraction of sp³-hybridized carbons (Fsp3) is 0.611. The number of hydrogen-bond acceptors (Lipinski definition) is 5. The molecule has 3 atom stereocenters. The van der Waals surface area contributed by atoms with Crippen molar-refractivity contribution in [2.45, 2.75) is 50.8 Å². The number of rotatable bonds is 8. The predicted octanol–water partition coefficient (Wildman–Crippen LogP) is 2.91. The fourth-order valence-electron chi connectivity index (χ4n) is 2.99. The van der Waals surface area contributed by atoms with Gasteiger partial charge < -0.3 is 14.4 Å². The molecule has 0 bridgehead atoms. The Hall–Kier alpha value is -1.45. The van der Waals surface area contributed by atoms with Gasteiger partial charge in [-0.15, -0.1) is 0 Å². The highest BCUT2D eigenvalue weighted by Gasteiger charge is 2.40. The SMILES string of the molecule is CCOc1cc(CN(C)C(=O)C2NNC(C(C)C)C2Br)ccc1OC(F)F. The zero-order valence-corrected chi connectivity index (χ0v) is 17.4. The first-order chi connectivity index (χ1) is 12.7. The van der Waals surface area contributed by atoms with Gasteiger partial charge in [-0.1, -0.05) is 35.8 Å². The molecule has 0 saturated carbocycles. The molecule has 0 radical (unpaired) electrons. The van der Waals surface area contributed by atoms with Gasteiger partial charge in [0.15, 0.2) is 11.5 Å². The van der Waals surface area contributed by atoms with Crippen molar-refractivity contribution in [1.82, 2.24) is 15.8 Å². The first-order valence-corrected chi connectivity index (χ1v) is 9.76. The smallest absolute Gasteiger partial charge is 0.387 e. The monoisotopic (exact) mass is 449 g/mol. The standard InChI is InChI=1S/C18H26BrF2N3O3/c1-5-26-13-8-11(6-7-12(13)27-18(20)21)9-24(4)17(25)16-14(19)15(10(2)3)22-23-16/h6-8,10,14-16,18,22-23H,5,9H2,1-4H3. The number of carbonyl (C=O) groups is 1. The molecule has 1 heterocycles. The maximum Gasteiger partial charge on any atom is 0.387 e. The molecule has 1 amide bonds. The lowest BCUT2D eigenvalue weighted by molar-refractivity contribution is -0.132. The summed E-state index contributed by atoms with van der Waals surface area (Å²) in [6, 6.07) is 4.45. The molecule has 3 unspecified atom stereocenters. The molecular weight excluding hydrogens is 424 g/mol. The van der Waals surface area contributed by atoms with E-state index in [0.29, 0.717) is 19.1 Å². The van der Waals surface area contributed by atoms with Gasteiger partial charge in [0.25, 0.3) is 0 Å². The summed E-state index contributed by atoms with van der Waals surface area (Å²) >= 11 is 3.61. The topological polar surface area (TPSA) is 62.8 Å². The van der Waals surface area contributed by atoms with Crippen LogP contribution in [0.5, 0.6) is 11.5 Å². The first-order valence-electron chi connectivity index (χ1n) is 8.85. The summed E-state index contributed by atoms with van der Waals surface area (Å²) in [4.78, 5) is 14.3. The van der Waals surface area contributed by atoms with E-state index < -0.39 is 12.7 Å². The Labute approximate surface area is 166 Å². The van der Waals surface area contributed by atoms with E-state index in [1.807, 2.05) is 0 Å². The van der Waals surface area contributed by atoms with E-state index in [1.165, 1.54) is 6.07 Å². The van der Waals surface area contributed by atoms with E-state index in [1.54, 1.807) is 31.0 Å². The molecule has 0 aromatic heterocycles. The van der Waals surface area contributed by atoms with Crippen molar-refractivity contribution in [3.63, 3.8) is 0 Å². The number of nitrogens with zero attached hydrogens (tertiary/aromatic N) is 1. The van der Waals surface area contributed by atoms with Gasteiger partial charge >= 0.3 is 6.61 Å². The maximum absolute atomic E-state index is 12.8. The molecule has 0 spiro atoms. The lowest BCUT2D eigenvalue weighted by Crippen LogP contribution is -2.46. The number of carbonyl (C=O) groups excluding carboxylic acids is 1. The molecule has 152 valence electrons. The molecule has 1 fully saturated rings. The number of ether oxygens (including phenoxy) is 2. The van der Waals surface area contributed by atoms with E-state index in [0.717, 1.165) is 5.56 Å². The Morgan fingerprint density at radius 1 is 1.30 bits per heavy atom. The average Bonchev–Trinajstić information content (AvgIpc) is 2.98. The summed E-state index contributed by atoms with van der Waals surface area (Å²) in [5.74, 6) is 0.501. The molecule has 1 aliphatic rings. The average molecular weight is 450 g/mol. The predicted molar refractivity (Wildman–Crippen MR) is 102 cm³/mol. The molecule has 1 saturated heterocycles. The second-order valence-electron chi connectivity index (χ2n) is 6.77. The molecule has 1 aromatic rings. The highest BCUT2D eigenvalue weighted by atomic mass is 79.9. The number of benzene rings is 1. The summed E-state index contributed by atoms with van der Waals surface area (Å²) < 4.78 is 34.9. The van der Waals surface area contributed by atoms with Crippen LogP contribution in [-0.2, 0) is 11.3 Å². The van der Waals surface area contributed by atoms with Gasteiger partial charge in [0.05, 0.1) is 11.4 Å². The molecule has 9 heteroatoms. The Morgan fingerprint density at radius 2 is 2.00 bits per heavy atom. The quantitative estimate of drug-likeness (QED) is 0.597. The Kier molecular flexibility index (Phi) is 7.81. The van der Waals surface area contributed by atoms with E-state index in [9.17, 15) is 13.6 Å². The van der Waals surface area contributed by atoms with Crippen LogP contribution in [-0.4, -0.2) is 48.0 Å². The van der Waals surface area contributed by atoms with E-state index in [-0.39, 0.29) is 28.3 Å². The summed E-state index contributed by atoms with van der Waals surface area (Å²) in [5.41, 5.74) is 6.96. The van der Waals surface area contributed by atoms with Crippen LogP contribution in [0.15, 0.2) is 18.2 Å². The van der Waals surface area contributed by atoms with Crippen LogP contribution in [0.25, 0.3) is 0 Å². The number of halogens is 3. The lowest BCUT2D eigenvalue weighted by atomic mass is 9.99. The number of amides is 1. The number of hydrogen-bond donors (Lipinski definition) is 2.